The van der Waals surface area contributed by atoms with Gasteiger partial charge in [-0.15, -0.1) is 0 Å². The van der Waals surface area contributed by atoms with E-state index in [-0.39, 0.29) is 16.7 Å². The van der Waals surface area contributed by atoms with Crippen molar-refractivity contribution in [2.45, 2.75) is 31.7 Å². The average molecular weight is 299 g/mol. The van der Waals surface area contributed by atoms with Gasteiger partial charge >= 0.3 is 0 Å². The van der Waals surface area contributed by atoms with E-state index >= 15 is 0 Å². The van der Waals surface area contributed by atoms with Gasteiger partial charge in [0.15, 0.2) is 0 Å². The molecule has 1 rings (SSSR count). The van der Waals surface area contributed by atoms with Crippen LogP contribution in [0.1, 0.15) is 19.4 Å². The molecule has 0 aliphatic heterocycles. The van der Waals surface area contributed by atoms with Gasteiger partial charge in [0, 0.05) is 5.69 Å². The third-order valence-corrected chi connectivity index (χ3v) is 4.59. The van der Waals surface area contributed by atoms with Crippen LogP contribution in [0.4, 0.5) is 5.69 Å². The highest BCUT2D eigenvalue weighted by molar-refractivity contribution is 7.89. The highest BCUT2D eigenvalue weighted by atomic mass is 32.2. The number of sulfonamides is 1. The van der Waals surface area contributed by atoms with E-state index in [1.165, 1.54) is 13.1 Å². The quantitative estimate of drug-likeness (QED) is 0.749. The topological polar surface area (TPSA) is 101 Å². The van der Waals surface area contributed by atoms with E-state index in [0.29, 0.717) is 11.3 Å². The Bertz CT molecular complexity index is 597. The molecule has 4 N–H and O–H groups in total. The molecule has 0 spiro atoms. The average Bonchev–Trinajstić information content (AvgIpc) is 2.39. The number of nitrogens with one attached hydrogen (secondary N) is 2. The van der Waals surface area contributed by atoms with Crippen LogP contribution in [0, 0.1) is 12.8 Å². The van der Waals surface area contributed by atoms with E-state index < -0.39 is 16.1 Å². The number of aryl methyl sites for hydroxylation is 1. The Kier molecular flexibility index (Phi) is 5.27. The van der Waals surface area contributed by atoms with Crippen LogP contribution in [-0.2, 0) is 14.8 Å². The van der Waals surface area contributed by atoms with Gasteiger partial charge < -0.3 is 11.1 Å². The molecular formula is C13H21N3O3S. The Morgan fingerprint density at radius 1 is 1.30 bits per heavy atom. The van der Waals surface area contributed by atoms with Crippen LogP contribution < -0.4 is 15.8 Å². The maximum Gasteiger partial charge on any atom is 0.241 e. The van der Waals surface area contributed by atoms with Crippen molar-refractivity contribution < 1.29 is 13.2 Å². The molecule has 0 bridgehead atoms. The fourth-order valence-corrected chi connectivity index (χ4v) is 2.60. The lowest BCUT2D eigenvalue weighted by atomic mass is 10.0. The first kappa shape index (κ1) is 16.6. The van der Waals surface area contributed by atoms with E-state index in [9.17, 15) is 13.2 Å². The second kappa shape index (κ2) is 6.34. The molecule has 1 amide bonds. The standard InChI is InChI=1S/C13H21N3O3S/c1-8(2)12(14)13(17)16-10-6-5-9(3)11(7-10)20(18,19)15-4/h5-8,12,15H,14H2,1-4H3,(H,16,17). The molecule has 6 nitrogen and oxygen atoms in total. The minimum Gasteiger partial charge on any atom is -0.325 e. The van der Waals surface area contributed by atoms with E-state index in [0.717, 1.165) is 0 Å². The van der Waals surface area contributed by atoms with Crippen molar-refractivity contribution >= 4 is 21.6 Å². The van der Waals surface area contributed by atoms with Crippen LogP contribution in [0.25, 0.3) is 0 Å². The number of carbonyl (C=O) groups excluding carboxylic acids is 1. The van der Waals surface area contributed by atoms with Crippen LogP contribution in [0.5, 0.6) is 0 Å². The van der Waals surface area contributed by atoms with E-state index in [1.807, 2.05) is 13.8 Å². The molecule has 1 aromatic carbocycles. The molecule has 112 valence electrons. The van der Waals surface area contributed by atoms with Crippen molar-refractivity contribution in [3.63, 3.8) is 0 Å². The van der Waals surface area contributed by atoms with Gasteiger partial charge in [0.1, 0.15) is 0 Å². The van der Waals surface area contributed by atoms with Crippen molar-refractivity contribution in [2.24, 2.45) is 11.7 Å². The molecule has 7 heteroatoms. The number of carbonyl (C=O) groups is 1. The van der Waals surface area contributed by atoms with Crippen LogP contribution in [0.15, 0.2) is 23.1 Å². The predicted octanol–water partition coefficient (Wildman–Crippen LogP) is 0.825. The smallest absolute Gasteiger partial charge is 0.241 e. The van der Waals surface area contributed by atoms with Crippen molar-refractivity contribution in [2.75, 3.05) is 12.4 Å². The van der Waals surface area contributed by atoms with Gasteiger partial charge in [-0.25, -0.2) is 13.1 Å². The summed E-state index contributed by atoms with van der Waals surface area (Å²) in [5.41, 5.74) is 6.76. The summed E-state index contributed by atoms with van der Waals surface area (Å²) in [6.07, 6.45) is 0. The Morgan fingerprint density at radius 3 is 2.40 bits per heavy atom. The third-order valence-electron chi connectivity index (χ3n) is 3.03. The van der Waals surface area contributed by atoms with Crippen LogP contribution in [0.2, 0.25) is 0 Å². The number of amides is 1. The number of anilines is 1. The molecule has 0 saturated heterocycles. The molecule has 0 saturated carbocycles. The Labute approximate surface area is 119 Å². The largest absolute Gasteiger partial charge is 0.325 e. The van der Waals surface area contributed by atoms with Crippen molar-refractivity contribution in [1.29, 1.82) is 0 Å². The zero-order chi connectivity index (χ0) is 15.5. The van der Waals surface area contributed by atoms with E-state index in [1.54, 1.807) is 19.1 Å². The first-order chi connectivity index (χ1) is 9.19. The van der Waals surface area contributed by atoms with E-state index in [4.69, 9.17) is 5.73 Å². The summed E-state index contributed by atoms with van der Waals surface area (Å²) in [6, 6.07) is 4.07. The molecule has 1 atom stereocenters. The van der Waals surface area contributed by atoms with Gasteiger partial charge in [0.2, 0.25) is 15.9 Å². The Morgan fingerprint density at radius 2 is 1.90 bits per heavy atom. The van der Waals surface area contributed by atoms with Gasteiger partial charge in [-0.3, -0.25) is 4.79 Å². The third kappa shape index (κ3) is 3.78. The van der Waals surface area contributed by atoms with Gasteiger partial charge in [0.05, 0.1) is 10.9 Å². The molecule has 0 aromatic heterocycles. The lowest BCUT2D eigenvalue weighted by Gasteiger charge is -2.16. The summed E-state index contributed by atoms with van der Waals surface area (Å²) in [5, 5.41) is 2.63. The normalized spacial score (nSPS) is 13.3. The molecule has 0 heterocycles. The number of rotatable bonds is 5. The summed E-state index contributed by atoms with van der Waals surface area (Å²) in [5.74, 6) is -0.336. The fraction of sp³-hybridized carbons (Fsp3) is 0.462. The highest BCUT2D eigenvalue weighted by Crippen LogP contribution is 2.20. The predicted molar refractivity (Wildman–Crippen MR) is 78.9 cm³/mol. The lowest BCUT2D eigenvalue weighted by Crippen LogP contribution is -2.39. The summed E-state index contributed by atoms with van der Waals surface area (Å²) in [4.78, 5) is 12.0. The summed E-state index contributed by atoms with van der Waals surface area (Å²) in [6.45, 7) is 5.38. The number of hydrogen-bond acceptors (Lipinski definition) is 4. The maximum absolute atomic E-state index is 11.9. The number of hydrogen-bond donors (Lipinski definition) is 3. The second-order valence-electron chi connectivity index (χ2n) is 4.95. The first-order valence-corrected chi connectivity index (χ1v) is 7.78. The summed E-state index contributed by atoms with van der Waals surface area (Å²) >= 11 is 0. The fourth-order valence-electron chi connectivity index (χ4n) is 1.61. The molecular weight excluding hydrogens is 278 g/mol. The summed E-state index contributed by atoms with van der Waals surface area (Å²) in [7, 11) is -2.21. The Balaban J connectivity index is 3.06. The van der Waals surface area contributed by atoms with Crippen LogP contribution in [-0.4, -0.2) is 27.4 Å². The first-order valence-electron chi connectivity index (χ1n) is 6.29. The highest BCUT2D eigenvalue weighted by Gasteiger charge is 2.19. The van der Waals surface area contributed by atoms with Gasteiger partial charge in [-0.05, 0) is 37.6 Å². The molecule has 0 fully saturated rings. The van der Waals surface area contributed by atoms with Crippen LogP contribution >= 0.6 is 0 Å². The zero-order valence-corrected chi connectivity index (χ0v) is 12.9. The van der Waals surface area contributed by atoms with Gasteiger partial charge in [-0.2, -0.15) is 0 Å². The van der Waals surface area contributed by atoms with Crippen LogP contribution in [0.3, 0.4) is 0 Å². The second-order valence-corrected chi connectivity index (χ2v) is 6.80. The molecule has 20 heavy (non-hydrogen) atoms. The summed E-state index contributed by atoms with van der Waals surface area (Å²) < 4.78 is 26.0. The minimum atomic E-state index is -3.56. The molecule has 1 unspecified atom stereocenters. The van der Waals surface area contributed by atoms with Crippen molar-refractivity contribution in [3.8, 4) is 0 Å². The maximum atomic E-state index is 11.9. The van der Waals surface area contributed by atoms with Gasteiger partial charge in [0.25, 0.3) is 0 Å². The number of benzene rings is 1. The molecule has 0 aliphatic carbocycles. The molecule has 0 radical (unpaired) electrons. The lowest BCUT2D eigenvalue weighted by molar-refractivity contribution is -0.118. The molecule has 1 aromatic rings. The monoisotopic (exact) mass is 299 g/mol. The van der Waals surface area contributed by atoms with E-state index in [2.05, 4.69) is 10.0 Å². The minimum absolute atomic E-state index is 0.000889. The van der Waals surface area contributed by atoms with Crippen molar-refractivity contribution in [3.05, 3.63) is 23.8 Å². The van der Waals surface area contributed by atoms with Gasteiger partial charge in [-0.1, -0.05) is 19.9 Å². The number of nitrogens with two attached hydrogens (primary N) is 1. The Hall–Kier alpha value is -1.44. The molecule has 0 aliphatic rings. The SMILES string of the molecule is CNS(=O)(=O)c1cc(NC(=O)C(N)C(C)C)ccc1C. The van der Waals surface area contributed by atoms with Crippen molar-refractivity contribution in [1.82, 2.24) is 4.72 Å². The zero-order valence-electron chi connectivity index (χ0n) is 12.1.